The van der Waals surface area contributed by atoms with Crippen molar-refractivity contribution >= 4 is 17.5 Å². The zero-order chi connectivity index (χ0) is 14.0. The summed E-state index contributed by atoms with van der Waals surface area (Å²) in [5.74, 6) is 0.167. The Bertz CT molecular complexity index is 377. The number of carbonyl (C=O) groups excluding carboxylic acids is 1. The van der Waals surface area contributed by atoms with Gasteiger partial charge in [0.1, 0.15) is 5.78 Å². The average Bonchev–Trinajstić information content (AvgIpc) is 2.28. The van der Waals surface area contributed by atoms with Crippen LogP contribution < -0.4 is 5.32 Å². The lowest BCUT2D eigenvalue weighted by Gasteiger charge is -2.11. The van der Waals surface area contributed by atoms with Crippen LogP contribution in [0.25, 0.3) is 6.08 Å². The third-order valence-electron chi connectivity index (χ3n) is 1.67. The summed E-state index contributed by atoms with van der Waals surface area (Å²) in [6, 6.07) is 8.30. The van der Waals surface area contributed by atoms with E-state index in [1.807, 2.05) is 32.1 Å². The van der Waals surface area contributed by atoms with Gasteiger partial charge >= 0.3 is 0 Å². The Hall–Kier alpha value is -1.61. The van der Waals surface area contributed by atoms with Crippen LogP contribution in [0.3, 0.4) is 0 Å². The minimum atomic E-state index is 0.167. The lowest BCUT2D eigenvalue weighted by molar-refractivity contribution is -0.114. The zero-order valence-electron chi connectivity index (χ0n) is 12.0. The lowest BCUT2D eigenvalue weighted by atomic mass is 10.1. The van der Waals surface area contributed by atoms with Gasteiger partial charge in [0, 0.05) is 12.2 Å². The number of carbonyl (C=O) groups is 1. The van der Waals surface area contributed by atoms with E-state index in [-0.39, 0.29) is 5.78 Å². The fraction of sp³-hybridized carbons (Fsp3) is 0.400. The molecule has 1 aliphatic heterocycles. The van der Waals surface area contributed by atoms with E-state index in [4.69, 9.17) is 0 Å². The molecule has 1 aromatic rings. The van der Waals surface area contributed by atoms with Crippen molar-refractivity contribution in [3.05, 3.63) is 35.9 Å². The normalized spacial score (nSPS) is 11.2. The van der Waals surface area contributed by atoms with E-state index in [1.54, 1.807) is 0 Å². The Morgan fingerprint density at radius 3 is 2.17 bits per heavy atom. The van der Waals surface area contributed by atoms with Crippen molar-refractivity contribution < 1.29 is 4.79 Å². The maximum Gasteiger partial charge on any atom is 0.126 e. The Morgan fingerprint density at radius 1 is 1.17 bits per heavy atom. The van der Waals surface area contributed by atoms with E-state index in [9.17, 15) is 4.79 Å². The fourth-order valence-corrected chi connectivity index (χ4v) is 1.16. The predicted octanol–water partition coefficient (Wildman–Crippen LogP) is 2.90. The van der Waals surface area contributed by atoms with Crippen LogP contribution >= 0.6 is 0 Å². The van der Waals surface area contributed by atoms with Gasteiger partial charge in [-0.15, -0.1) is 0 Å². The van der Waals surface area contributed by atoms with Crippen molar-refractivity contribution in [1.29, 1.82) is 0 Å². The third-order valence-corrected chi connectivity index (χ3v) is 1.67. The van der Waals surface area contributed by atoms with E-state index >= 15 is 0 Å². The molecule has 0 spiro atoms. The summed E-state index contributed by atoms with van der Waals surface area (Å²) in [6.07, 6.45) is 4.27. The molecule has 18 heavy (non-hydrogen) atoms. The van der Waals surface area contributed by atoms with E-state index < -0.39 is 0 Å². The predicted molar refractivity (Wildman–Crippen MR) is 79.9 cm³/mol. The molecule has 0 saturated heterocycles. The van der Waals surface area contributed by atoms with Crippen LogP contribution in [0.2, 0.25) is 0 Å². The minimum Gasteiger partial charge on any atom is -0.381 e. The second kappa shape index (κ2) is 9.42. The number of nitrogens with one attached hydrogen (secondary N) is 1. The molecule has 0 aromatic heterocycles. The van der Waals surface area contributed by atoms with Crippen molar-refractivity contribution in [3.8, 4) is 0 Å². The molecule has 0 radical (unpaired) electrons. The minimum absolute atomic E-state index is 0.167. The number of nitrogens with zero attached hydrogens (tertiary/aromatic N) is 1. The molecule has 0 fully saturated rings. The molecule has 2 rings (SSSR count). The second-order valence-electron chi connectivity index (χ2n) is 4.62. The van der Waals surface area contributed by atoms with Crippen molar-refractivity contribution in [2.24, 2.45) is 0 Å². The van der Waals surface area contributed by atoms with E-state index in [0.29, 0.717) is 0 Å². The fourth-order valence-electron chi connectivity index (χ4n) is 1.16. The highest BCUT2D eigenvalue weighted by atomic mass is 16.1. The van der Waals surface area contributed by atoms with Crippen LogP contribution in [0.4, 0.5) is 5.69 Å². The second-order valence-corrected chi connectivity index (χ2v) is 4.62. The van der Waals surface area contributed by atoms with E-state index in [2.05, 4.69) is 35.7 Å². The van der Waals surface area contributed by atoms with Gasteiger partial charge in [-0.05, 0) is 46.6 Å². The van der Waals surface area contributed by atoms with Crippen LogP contribution in [-0.4, -0.2) is 38.4 Å². The summed E-state index contributed by atoms with van der Waals surface area (Å²) in [5, 5.41) is 3.28. The maximum atomic E-state index is 9.44. The number of para-hydroxylation sites is 1. The first-order valence-electron chi connectivity index (χ1n) is 6.01. The topological polar surface area (TPSA) is 32.3 Å². The number of hydrogen-bond donors (Lipinski definition) is 1. The maximum absolute atomic E-state index is 9.44. The monoisotopic (exact) mass is 248 g/mol. The van der Waals surface area contributed by atoms with Gasteiger partial charge < -0.3 is 15.0 Å². The molecule has 0 atom stereocenters. The van der Waals surface area contributed by atoms with Crippen LogP contribution in [0, 0.1) is 0 Å². The first-order chi connectivity index (χ1) is 8.43. The van der Waals surface area contributed by atoms with Gasteiger partial charge in [-0.25, -0.2) is 0 Å². The van der Waals surface area contributed by atoms with Crippen LogP contribution in [-0.2, 0) is 4.79 Å². The molecule has 1 aromatic carbocycles. The van der Waals surface area contributed by atoms with Gasteiger partial charge in [-0.1, -0.05) is 30.4 Å². The van der Waals surface area contributed by atoms with Gasteiger partial charge in [0.15, 0.2) is 0 Å². The number of fused-ring (bicyclic) bond motifs is 1. The highest BCUT2D eigenvalue weighted by Crippen LogP contribution is 2.18. The summed E-state index contributed by atoms with van der Waals surface area (Å²) < 4.78 is 0. The van der Waals surface area contributed by atoms with Crippen molar-refractivity contribution in [1.82, 2.24) is 4.90 Å². The summed E-state index contributed by atoms with van der Waals surface area (Å²) >= 11 is 0. The molecule has 1 heterocycles. The highest BCUT2D eigenvalue weighted by molar-refractivity contribution is 5.72. The van der Waals surface area contributed by atoms with Crippen LogP contribution in [0.1, 0.15) is 19.4 Å². The van der Waals surface area contributed by atoms with Gasteiger partial charge in [0.05, 0.1) is 0 Å². The van der Waals surface area contributed by atoms with Gasteiger partial charge in [0.25, 0.3) is 0 Å². The van der Waals surface area contributed by atoms with Crippen LogP contribution in [0.15, 0.2) is 30.3 Å². The highest BCUT2D eigenvalue weighted by Gasteiger charge is 1.98. The first-order valence-corrected chi connectivity index (χ1v) is 6.01. The molecule has 3 heteroatoms. The summed E-state index contributed by atoms with van der Waals surface area (Å²) in [6.45, 7) is 4.01. The number of benzene rings is 1. The quantitative estimate of drug-likeness (QED) is 0.766. The molecule has 100 valence electrons. The molecule has 0 unspecified atom stereocenters. The Labute approximate surface area is 111 Å². The Kier molecular flexibility index (Phi) is 8.58. The summed E-state index contributed by atoms with van der Waals surface area (Å²) in [4.78, 5) is 11.4. The third kappa shape index (κ3) is 9.60. The largest absolute Gasteiger partial charge is 0.381 e. The number of anilines is 1. The molecule has 1 N–H and O–H groups in total. The average molecular weight is 248 g/mol. The number of rotatable bonds is 0. The zero-order valence-corrected chi connectivity index (χ0v) is 12.0. The standard InChI is InChI=1S/C9H9N.C3H9N.C3H6O/c1-2-6-9-8(4-1)5-3-7-10-9;1-4(2)3;1-3(2)4/h1-6,10H,7H2;1-3H3;1-2H3. The summed E-state index contributed by atoms with van der Waals surface area (Å²) in [7, 11) is 6.00. The molecule has 0 amide bonds. The number of ketones is 1. The molecule has 0 aliphatic carbocycles. The number of Topliss-reactive ketones (excluding diaryl/α,β-unsaturated/α-hetero) is 1. The van der Waals surface area contributed by atoms with Crippen molar-refractivity contribution in [2.45, 2.75) is 13.8 Å². The van der Waals surface area contributed by atoms with E-state index in [1.165, 1.54) is 25.1 Å². The lowest BCUT2D eigenvalue weighted by Crippen LogP contribution is -2.03. The van der Waals surface area contributed by atoms with Crippen molar-refractivity contribution in [2.75, 3.05) is 33.0 Å². The molecular weight excluding hydrogens is 224 g/mol. The number of hydrogen-bond acceptors (Lipinski definition) is 3. The van der Waals surface area contributed by atoms with Crippen LogP contribution in [0.5, 0.6) is 0 Å². The Balaban J connectivity index is 0.000000307. The van der Waals surface area contributed by atoms with Crippen molar-refractivity contribution in [3.63, 3.8) is 0 Å². The van der Waals surface area contributed by atoms with Gasteiger partial charge in [-0.2, -0.15) is 0 Å². The SMILES string of the molecule is C1=Cc2ccccc2NC1.CC(C)=O.CN(C)C. The smallest absolute Gasteiger partial charge is 0.126 e. The molecule has 3 nitrogen and oxygen atoms in total. The first kappa shape index (κ1) is 16.4. The molecule has 0 saturated carbocycles. The van der Waals surface area contributed by atoms with E-state index in [0.717, 1.165) is 6.54 Å². The summed E-state index contributed by atoms with van der Waals surface area (Å²) in [5.41, 5.74) is 2.53. The Morgan fingerprint density at radius 2 is 1.67 bits per heavy atom. The van der Waals surface area contributed by atoms with Gasteiger partial charge in [0.2, 0.25) is 0 Å². The molecule has 0 bridgehead atoms. The van der Waals surface area contributed by atoms with Gasteiger partial charge in [-0.3, -0.25) is 0 Å². The molecule has 1 aliphatic rings. The molecular formula is C15H24N2O.